The van der Waals surface area contributed by atoms with Crippen LogP contribution in [0, 0.1) is 0 Å². The van der Waals surface area contributed by atoms with Crippen LogP contribution in [0.4, 0.5) is 0 Å². The summed E-state index contributed by atoms with van der Waals surface area (Å²) >= 11 is 1.93. The van der Waals surface area contributed by atoms with Crippen molar-refractivity contribution in [3.63, 3.8) is 0 Å². The molecule has 4 rings (SSSR count). The van der Waals surface area contributed by atoms with E-state index in [0.29, 0.717) is 18.0 Å². The van der Waals surface area contributed by atoms with Gasteiger partial charge in [0.25, 0.3) is 5.91 Å². The van der Waals surface area contributed by atoms with Crippen LogP contribution >= 0.6 is 11.8 Å². The van der Waals surface area contributed by atoms with Gasteiger partial charge in [-0.2, -0.15) is 27.2 Å². The molecule has 24 heavy (non-hydrogen) atoms. The number of amides is 1. The molecule has 0 bridgehead atoms. The lowest BCUT2D eigenvalue weighted by molar-refractivity contribution is -0.0688. The van der Waals surface area contributed by atoms with Crippen molar-refractivity contribution in [2.45, 2.75) is 30.9 Å². The predicted octanol–water partition coefficient (Wildman–Crippen LogP) is 2.26. The van der Waals surface area contributed by atoms with Crippen LogP contribution < -0.4 is 5.32 Å². The van der Waals surface area contributed by atoms with Gasteiger partial charge in [-0.15, -0.1) is 0 Å². The molecule has 2 aliphatic rings. The van der Waals surface area contributed by atoms with E-state index in [4.69, 9.17) is 4.74 Å². The summed E-state index contributed by atoms with van der Waals surface area (Å²) in [6.07, 6.45) is 2.80. The third-order valence-corrected chi connectivity index (χ3v) is 5.93. The number of nitrogens with zero attached hydrogens (tertiary/aromatic N) is 2. The minimum absolute atomic E-state index is 0.0487. The molecule has 3 heterocycles. The maximum absolute atomic E-state index is 12.7. The summed E-state index contributed by atoms with van der Waals surface area (Å²) in [5.41, 5.74) is 1.77. The fourth-order valence-electron chi connectivity index (χ4n) is 3.45. The molecule has 2 N–H and O–H groups in total. The van der Waals surface area contributed by atoms with Gasteiger partial charge in [-0.3, -0.25) is 4.79 Å². The first-order valence-corrected chi connectivity index (χ1v) is 9.40. The van der Waals surface area contributed by atoms with E-state index in [2.05, 4.69) is 20.7 Å². The Kier molecular flexibility index (Phi) is 4.28. The van der Waals surface area contributed by atoms with Crippen LogP contribution in [0.5, 0.6) is 0 Å². The second-order valence-corrected chi connectivity index (χ2v) is 7.49. The van der Waals surface area contributed by atoms with Crippen molar-refractivity contribution in [3.8, 4) is 11.3 Å². The predicted molar refractivity (Wildman–Crippen MR) is 92.9 cm³/mol. The zero-order valence-electron chi connectivity index (χ0n) is 13.3. The van der Waals surface area contributed by atoms with Crippen LogP contribution in [0.2, 0.25) is 0 Å². The number of carbonyl (C=O) groups is 1. The van der Waals surface area contributed by atoms with E-state index in [1.165, 1.54) is 0 Å². The highest BCUT2D eigenvalue weighted by atomic mass is 32.2. The molecule has 2 aliphatic heterocycles. The second kappa shape index (κ2) is 6.57. The van der Waals surface area contributed by atoms with Crippen molar-refractivity contribution in [1.82, 2.24) is 20.7 Å². The Bertz CT molecular complexity index is 712. The largest absolute Gasteiger partial charge is 0.374 e. The SMILES string of the molecule is O=C(N[C@H]1CCO[C@]2(CCSC2)C1)c1n[nH]nc1-c1ccccc1. The molecule has 1 spiro atoms. The quantitative estimate of drug-likeness (QED) is 0.893. The number of aromatic amines is 1. The first-order chi connectivity index (χ1) is 11.8. The average molecular weight is 344 g/mol. The van der Waals surface area contributed by atoms with Gasteiger partial charge in [-0.25, -0.2) is 0 Å². The highest BCUT2D eigenvalue weighted by molar-refractivity contribution is 7.99. The number of ether oxygens (including phenoxy) is 1. The number of H-pyrrole nitrogens is 1. The molecule has 6 nitrogen and oxygen atoms in total. The van der Waals surface area contributed by atoms with E-state index in [1.807, 2.05) is 42.1 Å². The summed E-state index contributed by atoms with van der Waals surface area (Å²) in [6, 6.07) is 9.76. The molecule has 1 aromatic carbocycles. The van der Waals surface area contributed by atoms with Gasteiger partial charge in [0.15, 0.2) is 5.69 Å². The van der Waals surface area contributed by atoms with Gasteiger partial charge in [0.1, 0.15) is 5.69 Å². The Morgan fingerprint density at radius 3 is 3.00 bits per heavy atom. The third kappa shape index (κ3) is 3.06. The lowest BCUT2D eigenvalue weighted by Crippen LogP contribution is -2.48. The minimum atomic E-state index is -0.171. The molecule has 2 saturated heterocycles. The standard InChI is InChI=1S/C17H20N4O2S/c22-16(15-14(19-21-20-15)12-4-2-1-3-5-12)18-13-6-8-23-17(10-13)7-9-24-11-17/h1-5,13H,6-11H2,(H,18,22)(H,19,20,21)/t13-,17+/m0/s1. The van der Waals surface area contributed by atoms with Crippen molar-refractivity contribution < 1.29 is 9.53 Å². The zero-order valence-corrected chi connectivity index (χ0v) is 14.1. The number of hydrogen-bond donors (Lipinski definition) is 2. The third-order valence-electron chi connectivity index (χ3n) is 4.71. The van der Waals surface area contributed by atoms with Crippen LogP contribution in [-0.2, 0) is 4.74 Å². The molecule has 0 aliphatic carbocycles. The number of nitrogens with one attached hydrogen (secondary N) is 2. The minimum Gasteiger partial charge on any atom is -0.374 e. The smallest absolute Gasteiger partial charge is 0.274 e. The normalized spacial score (nSPS) is 26.6. The summed E-state index contributed by atoms with van der Waals surface area (Å²) in [5, 5.41) is 13.9. The van der Waals surface area contributed by atoms with Gasteiger partial charge in [0, 0.05) is 24.0 Å². The molecule has 126 valence electrons. The van der Waals surface area contributed by atoms with Crippen molar-refractivity contribution in [3.05, 3.63) is 36.0 Å². The average Bonchev–Trinajstić information content (AvgIpc) is 3.26. The Balaban J connectivity index is 1.48. The van der Waals surface area contributed by atoms with Gasteiger partial charge in [-0.1, -0.05) is 30.3 Å². The van der Waals surface area contributed by atoms with Crippen LogP contribution in [0.1, 0.15) is 29.8 Å². The van der Waals surface area contributed by atoms with Gasteiger partial charge in [0.2, 0.25) is 0 Å². The lowest BCUT2D eigenvalue weighted by atomic mass is 9.90. The molecule has 0 unspecified atom stereocenters. The first-order valence-electron chi connectivity index (χ1n) is 8.25. The summed E-state index contributed by atoms with van der Waals surface area (Å²) < 4.78 is 6.02. The van der Waals surface area contributed by atoms with E-state index in [1.54, 1.807) is 0 Å². The molecule has 1 aromatic heterocycles. The summed E-state index contributed by atoms with van der Waals surface area (Å²) in [4.78, 5) is 12.7. The van der Waals surface area contributed by atoms with E-state index in [0.717, 1.165) is 36.3 Å². The molecule has 0 radical (unpaired) electrons. The monoisotopic (exact) mass is 344 g/mol. The Labute approximate surface area is 144 Å². The number of aromatic nitrogens is 3. The van der Waals surface area contributed by atoms with Gasteiger partial charge in [0.05, 0.1) is 5.60 Å². The number of thioether (sulfide) groups is 1. The van der Waals surface area contributed by atoms with E-state index in [-0.39, 0.29) is 17.6 Å². The van der Waals surface area contributed by atoms with Crippen LogP contribution in [0.3, 0.4) is 0 Å². The number of benzene rings is 1. The van der Waals surface area contributed by atoms with Crippen molar-refractivity contribution in [2.24, 2.45) is 0 Å². The highest BCUT2D eigenvalue weighted by Crippen LogP contribution is 2.38. The fourth-order valence-corrected chi connectivity index (χ4v) is 4.83. The van der Waals surface area contributed by atoms with Gasteiger partial charge >= 0.3 is 0 Å². The molecule has 0 saturated carbocycles. The van der Waals surface area contributed by atoms with E-state index in [9.17, 15) is 4.79 Å². The summed E-state index contributed by atoms with van der Waals surface area (Å²) in [6.45, 7) is 0.704. The lowest BCUT2D eigenvalue weighted by Gasteiger charge is -2.37. The van der Waals surface area contributed by atoms with Crippen molar-refractivity contribution in [2.75, 3.05) is 18.1 Å². The van der Waals surface area contributed by atoms with Crippen LogP contribution in [0.25, 0.3) is 11.3 Å². The summed E-state index contributed by atoms with van der Waals surface area (Å²) in [7, 11) is 0. The molecule has 2 fully saturated rings. The second-order valence-electron chi connectivity index (χ2n) is 6.38. The highest BCUT2D eigenvalue weighted by Gasteiger charge is 2.41. The van der Waals surface area contributed by atoms with Crippen molar-refractivity contribution >= 4 is 17.7 Å². The van der Waals surface area contributed by atoms with Crippen molar-refractivity contribution in [1.29, 1.82) is 0 Å². The van der Waals surface area contributed by atoms with Gasteiger partial charge < -0.3 is 10.1 Å². The maximum atomic E-state index is 12.7. The molecular weight excluding hydrogens is 324 g/mol. The van der Waals surface area contributed by atoms with E-state index >= 15 is 0 Å². The van der Waals surface area contributed by atoms with Gasteiger partial charge in [-0.05, 0) is 25.0 Å². The Morgan fingerprint density at radius 1 is 1.33 bits per heavy atom. The van der Waals surface area contributed by atoms with Crippen LogP contribution in [0.15, 0.2) is 30.3 Å². The molecule has 7 heteroatoms. The Morgan fingerprint density at radius 2 is 2.21 bits per heavy atom. The molecule has 2 atom stereocenters. The summed E-state index contributed by atoms with van der Waals surface area (Å²) in [5.74, 6) is 2.00. The number of hydrogen-bond acceptors (Lipinski definition) is 5. The molecule has 2 aromatic rings. The number of rotatable bonds is 3. The molecule has 1 amide bonds. The van der Waals surface area contributed by atoms with Crippen LogP contribution in [-0.4, -0.2) is 51.1 Å². The fraction of sp³-hybridized carbons (Fsp3) is 0.471. The molecular formula is C17H20N4O2S. The number of carbonyl (C=O) groups excluding carboxylic acids is 1. The topological polar surface area (TPSA) is 79.9 Å². The Hall–Kier alpha value is -1.86. The van der Waals surface area contributed by atoms with E-state index < -0.39 is 0 Å². The first kappa shape index (κ1) is 15.7. The maximum Gasteiger partial charge on any atom is 0.274 e. The zero-order chi connectivity index (χ0) is 16.4.